The van der Waals surface area contributed by atoms with Gasteiger partial charge in [-0.2, -0.15) is 0 Å². The molecule has 0 aliphatic carbocycles. The first-order valence-corrected chi connectivity index (χ1v) is 6.24. The van der Waals surface area contributed by atoms with Crippen molar-refractivity contribution in [3.8, 4) is 0 Å². The van der Waals surface area contributed by atoms with Crippen LogP contribution in [0.15, 0.2) is 18.2 Å². The van der Waals surface area contributed by atoms with E-state index in [-0.39, 0.29) is 17.8 Å². The zero-order valence-electron chi connectivity index (χ0n) is 10.1. The highest BCUT2D eigenvalue weighted by molar-refractivity contribution is 5.79. The molecule has 1 atom stereocenters. The van der Waals surface area contributed by atoms with Crippen LogP contribution in [0.5, 0.6) is 0 Å². The molecule has 18 heavy (non-hydrogen) atoms. The first-order valence-electron chi connectivity index (χ1n) is 6.24. The van der Waals surface area contributed by atoms with Gasteiger partial charge in [-0.15, -0.1) is 0 Å². The molecule has 1 unspecified atom stereocenters. The number of carbonyl (C=O) groups excluding carboxylic acids is 1. The van der Waals surface area contributed by atoms with Crippen LogP contribution in [0.2, 0.25) is 0 Å². The number of hydrogen-bond acceptors (Lipinski definition) is 3. The fraction of sp³-hybridized carbons (Fsp3) is 0.462. The molecule has 2 saturated heterocycles. The van der Waals surface area contributed by atoms with Crippen molar-refractivity contribution in [1.82, 2.24) is 4.90 Å². The predicted octanol–water partition coefficient (Wildman–Crippen LogP) is 1.22. The predicted molar refractivity (Wildman–Crippen MR) is 67.8 cm³/mol. The highest BCUT2D eigenvalue weighted by atomic mass is 19.1. The van der Waals surface area contributed by atoms with E-state index in [0.717, 1.165) is 25.2 Å². The second-order valence-electron chi connectivity index (χ2n) is 4.93. The van der Waals surface area contributed by atoms with Crippen LogP contribution in [0, 0.1) is 5.82 Å². The monoisotopic (exact) mass is 249 g/mol. The molecule has 4 nitrogen and oxygen atoms in total. The molecule has 0 saturated carbocycles. The van der Waals surface area contributed by atoms with Gasteiger partial charge in [0.05, 0.1) is 11.4 Å². The Balaban J connectivity index is 1.82. The number of carbonyl (C=O) groups is 1. The molecule has 1 aromatic carbocycles. The molecule has 1 amide bonds. The summed E-state index contributed by atoms with van der Waals surface area (Å²) in [6.07, 6.45) is 1.53. The lowest BCUT2D eigenvalue weighted by atomic mass is 10.1. The largest absolute Gasteiger partial charge is 0.397 e. The van der Waals surface area contributed by atoms with Crippen LogP contribution in [0.25, 0.3) is 0 Å². The first-order chi connectivity index (χ1) is 8.65. The minimum absolute atomic E-state index is 0.242. The van der Waals surface area contributed by atoms with Crippen molar-refractivity contribution in [3.05, 3.63) is 24.0 Å². The number of hydrogen-bond donors (Lipinski definition) is 1. The Bertz CT molecular complexity index is 491. The second-order valence-corrected chi connectivity index (χ2v) is 4.93. The van der Waals surface area contributed by atoms with E-state index in [2.05, 4.69) is 4.90 Å². The van der Waals surface area contributed by atoms with Gasteiger partial charge in [0, 0.05) is 32.1 Å². The molecular weight excluding hydrogens is 233 g/mol. The summed E-state index contributed by atoms with van der Waals surface area (Å²) < 4.78 is 13.3. The summed E-state index contributed by atoms with van der Waals surface area (Å²) in [7, 11) is 0. The van der Waals surface area contributed by atoms with Crippen LogP contribution in [0.4, 0.5) is 15.8 Å². The number of benzene rings is 1. The van der Waals surface area contributed by atoms with Crippen LogP contribution in [-0.4, -0.2) is 36.5 Å². The number of piperazine rings is 1. The highest BCUT2D eigenvalue weighted by Crippen LogP contribution is 2.30. The zero-order chi connectivity index (χ0) is 12.7. The van der Waals surface area contributed by atoms with Crippen LogP contribution in [-0.2, 0) is 4.79 Å². The van der Waals surface area contributed by atoms with Crippen molar-refractivity contribution in [3.63, 3.8) is 0 Å². The van der Waals surface area contributed by atoms with E-state index in [1.807, 2.05) is 4.90 Å². The number of amides is 1. The Kier molecular flexibility index (Phi) is 2.61. The number of rotatable bonds is 1. The summed E-state index contributed by atoms with van der Waals surface area (Å²) in [5, 5.41) is 0. The van der Waals surface area contributed by atoms with Crippen LogP contribution in [0.3, 0.4) is 0 Å². The van der Waals surface area contributed by atoms with Gasteiger partial charge in [0.1, 0.15) is 5.82 Å². The maximum Gasteiger partial charge on any atom is 0.223 e. The molecule has 96 valence electrons. The van der Waals surface area contributed by atoms with Gasteiger partial charge in [0.15, 0.2) is 0 Å². The average molecular weight is 249 g/mol. The van der Waals surface area contributed by atoms with Crippen molar-refractivity contribution in [1.29, 1.82) is 0 Å². The van der Waals surface area contributed by atoms with Gasteiger partial charge in [-0.1, -0.05) is 0 Å². The Morgan fingerprint density at radius 1 is 1.33 bits per heavy atom. The standard InChI is InChI=1S/C13H16FN3O/c14-9-1-3-11(15)12(7-9)16-5-6-17-10(8-16)2-4-13(17)18/h1,3,7,10H,2,4-6,8,15H2. The highest BCUT2D eigenvalue weighted by Gasteiger charge is 2.35. The molecular formula is C13H16FN3O. The fourth-order valence-electron chi connectivity index (χ4n) is 2.87. The van der Waals surface area contributed by atoms with E-state index < -0.39 is 0 Å². The third kappa shape index (κ3) is 1.79. The lowest BCUT2D eigenvalue weighted by molar-refractivity contribution is -0.129. The minimum atomic E-state index is -0.274. The molecule has 0 bridgehead atoms. The molecule has 2 N–H and O–H groups in total. The Morgan fingerprint density at radius 2 is 2.17 bits per heavy atom. The summed E-state index contributed by atoms with van der Waals surface area (Å²) in [6, 6.07) is 4.70. The second kappa shape index (κ2) is 4.15. The van der Waals surface area contributed by atoms with Crippen molar-refractivity contribution in [2.24, 2.45) is 0 Å². The third-order valence-electron chi connectivity index (χ3n) is 3.83. The van der Waals surface area contributed by atoms with Gasteiger partial charge >= 0.3 is 0 Å². The topological polar surface area (TPSA) is 49.6 Å². The van der Waals surface area contributed by atoms with Crippen molar-refractivity contribution >= 4 is 17.3 Å². The SMILES string of the molecule is Nc1ccc(F)cc1N1CCN2C(=O)CCC2C1. The van der Waals surface area contributed by atoms with E-state index in [4.69, 9.17) is 5.73 Å². The molecule has 1 aromatic rings. The quantitative estimate of drug-likeness (QED) is 0.761. The number of anilines is 2. The molecule has 0 spiro atoms. The number of nitrogen functional groups attached to an aromatic ring is 1. The van der Waals surface area contributed by atoms with E-state index in [0.29, 0.717) is 18.7 Å². The van der Waals surface area contributed by atoms with Crippen molar-refractivity contribution < 1.29 is 9.18 Å². The summed E-state index contributed by atoms with van der Waals surface area (Å²) in [4.78, 5) is 15.6. The third-order valence-corrected chi connectivity index (χ3v) is 3.83. The Hall–Kier alpha value is -1.78. The number of nitrogens with two attached hydrogens (primary N) is 1. The van der Waals surface area contributed by atoms with Crippen LogP contribution >= 0.6 is 0 Å². The van der Waals surface area contributed by atoms with Gasteiger partial charge < -0.3 is 15.5 Å². The molecule has 5 heteroatoms. The van der Waals surface area contributed by atoms with Crippen molar-refractivity contribution in [2.75, 3.05) is 30.3 Å². The molecule has 2 aliphatic heterocycles. The van der Waals surface area contributed by atoms with Gasteiger partial charge in [0.25, 0.3) is 0 Å². The fourth-order valence-corrected chi connectivity index (χ4v) is 2.87. The maximum absolute atomic E-state index is 13.3. The lowest BCUT2D eigenvalue weighted by Crippen LogP contribution is -2.51. The summed E-state index contributed by atoms with van der Waals surface area (Å²) >= 11 is 0. The van der Waals surface area contributed by atoms with E-state index in [1.54, 1.807) is 6.07 Å². The van der Waals surface area contributed by atoms with Gasteiger partial charge in [0.2, 0.25) is 5.91 Å². The molecule has 0 radical (unpaired) electrons. The Morgan fingerprint density at radius 3 is 3.00 bits per heavy atom. The first kappa shape index (κ1) is 11.3. The molecule has 2 fully saturated rings. The molecule has 3 rings (SSSR count). The summed E-state index contributed by atoms with van der Waals surface area (Å²) in [5.41, 5.74) is 7.23. The van der Waals surface area contributed by atoms with Gasteiger partial charge in [-0.05, 0) is 24.6 Å². The number of halogens is 1. The van der Waals surface area contributed by atoms with Gasteiger partial charge in [-0.25, -0.2) is 4.39 Å². The Labute approximate surface area is 105 Å². The normalized spacial score (nSPS) is 23.4. The average Bonchev–Trinajstić information content (AvgIpc) is 2.74. The molecule has 2 heterocycles. The lowest BCUT2D eigenvalue weighted by Gasteiger charge is -2.39. The van der Waals surface area contributed by atoms with E-state index >= 15 is 0 Å². The molecule has 2 aliphatic rings. The molecule has 0 aromatic heterocycles. The van der Waals surface area contributed by atoms with Crippen molar-refractivity contribution in [2.45, 2.75) is 18.9 Å². The van der Waals surface area contributed by atoms with E-state index in [1.165, 1.54) is 12.1 Å². The summed E-state index contributed by atoms with van der Waals surface area (Å²) in [5.74, 6) is -0.0315. The van der Waals surface area contributed by atoms with Crippen LogP contribution in [0.1, 0.15) is 12.8 Å². The van der Waals surface area contributed by atoms with Gasteiger partial charge in [-0.3, -0.25) is 4.79 Å². The number of fused-ring (bicyclic) bond motifs is 1. The summed E-state index contributed by atoms with van der Waals surface area (Å²) in [6.45, 7) is 2.18. The maximum atomic E-state index is 13.3. The van der Waals surface area contributed by atoms with E-state index in [9.17, 15) is 9.18 Å². The van der Waals surface area contributed by atoms with Crippen LogP contribution < -0.4 is 10.6 Å². The smallest absolute Gasteiger partial charge is 0.223 e. The number of nitrogens with zero attached hydrogens (tertiary/aromatic N) is 2. The minimum Gasteiger partial charge on any atom is -0.397 e. The zero-order valence-corrected chi connectivity index (χ0v) is 10.1.